The maximum Gasteiger partial charge on any atom is 0.119 e. The Hall–Kier alpha value is -1.71. The monoisotopic (exact) mass is 331 g/mol. The minimum absolute atomic E-state index is 0.717. The molecular weight excluding hydrogens is 308 g/mol. The van der Waals surface area contributed by atoms with Gasteiger partial charge in [-0.2, -0.15) is 0 Å². The number of halogens is 1. The number of nitrogens with zero attached hydrogens (tertiary/aromatic N) is 1. The summed E-state index contributed by atoms with van der Waals surface area (Å²) in [4.78, 5) is 4.02. The van der Waals surface area contributed by atoms with E-state index in [4.69, 9.17) is 16.3 Å². The molecule has 3 nitrogen and oxygen atoms in total. The van der Waals surface area contributed by atoms with Crippen LogP contribution in [-0.2, 0) is 6.54 Å². The summed E-state index contributed by atoms with van der Waals surface area (Å²) in [6, 6.07) is 16.6. The molecule has 3 rings (SSSR count). The smallest absolute Gasteiger partial charge is 0.119 e. The molecule has 1 aliphatic rings. The first-order chi connectivity index (χ1) is 11.3. The van der Waals surface area contributed by atoms with Crippen LogP contribution in [0.25, 0.3) is 0 Å². The van der Waals surface area contributed by atoms with E-state index in [1.807, 2.05) is 19.1 Å². The number of ether oxygens (including phenoxy) is 1. The molecule has 1 saturated heterocycles. The summed E-state index contributed by atoms with van der Waals surface area (Å²) in [5.41, 5.74) is 2.53. The van der Waals surface area contributed by atoms with Crippen molar-refractivity contribution in [2.24, 2.45) is 0 Å². The van der Waals surface area contributed by atoms with Gasteiger partial charge >= 0.3 is 0 Å². The predicted octanol–water partition coefficient (Wildman–Crippen LogP) is 2.64. The Bertz CT molecular complexity index is 622. The van der Waals surface area contributed by atoms with Crippen LogP contribution in [0.5, 0.6) is 5.75 Å². The van der Waals surface area contributed by atoms with E-state index in [9.17, 15) is 0 Å². The highest BCUT2D eigenvalue weighted by Crippen LogP contribution is 2.24. The molecule has 1 fully saturated rings. The molecular formula is C19H24ClN2O+. The van der Waals surface area contributed by atoms with E-state index in [0.29, 0.717) is 6.61 Å². The number of piperazine rings is 1. The molecule has 0 bridgehead atoms. The van der Waals surface area contributed by atoms with Crippen LogP contribution in [0.4, 0.5) is 5.69 Å². The molecule has 122 valence electrons. The van der Waals surface area contributed by atoms with Gasteiger partial charge in [0, 0.05) is 5.56 Å². The van der Waals surface area contributed by atoms with Gasteiger partial charge in [-0.3, -0.25) is 0 Å². The molecule has 0 spiro atoms. The molecule has 0 saturated carbocycles. The lowest BCUT2D eigenvalue weighted by molar-refractivity contribution is -0.914. The second kappa shape index (κ2) is 7.71. The summed E-state index contributed by atoms with van der Waals surface area (Å²) in [7, 11) is 0. The molecule has 2 aromatic carbocycles. The van der Waals surface area contributed by atoms with Crippen LogP contribution in [0.1, 0.15) is 12.5 Å². The zero-order valence-corrected chi connectivity index (χ0v) is 14.4. The van der Waals surface area contributed by atoms with E-state index in [-0.39, 0.29) is 0 Å². The lowest BCUT2D eigenvalue weighted by atomic mass is 10.2. The average Bonchev–Trinajstić information content (AvgIpc) is 2.58. The van der Waals surface area contributed by atoms with Gasteiger partial charge in [-0.15, -0.1) is 0 Å². The largest absolute Gasteiger partial charge is 0.494 e. The van der Waals surface area contributed by atoms with Crippen molar-refractivity contribution >= 4 is 17.3 Å². The average molecular weight is 332 g/mol. The number of anilines is 1. The van der Waals surface area contributed by atoms with Gasteiger partial charge in [-0.1, -0.05) is 23.7 Å². The second-order valence-corrected chi connectivity index (χ2v) is 6.35. The third-order valence-electron chi connectivity index (χ3n) is 4.35. The fourth-order valence-electron chi connectivity index (χ4n) is 3.11. The summed E-state index contributed by atoms with van der Waals surface area (Å²) in [5, 5.41) is 0.850. The molecule has 0 atom stereocenters. The zero-order valence-electron chi connectivity index (χ0n) is 13.6. The Morgan fingerprint density at radius 3 is 2.39 bits per heavy atom. The number of para-hydroxylation sites is 1. The van der Waals surface area contributed by atoms with Gasteiger partial charge in [0.1, 0.15) is 12.3 Å². The van der Waals surface area contributed by atoms with Crippen LogP contribution in [0, 0.1) is 0 Å². The van der Waals surface area contributed by atoms with Crippen LogP contribution in [0.3, 0.4) is 0 Å². The summed E-state index contributed by atoms with van der Waals surface area (Å²) in [6.45, 7) is 8.18. The molecule has 0 amide bonds. The molecule has 0 unspecified atom stereocenters. The fourth-order valence-corrected chi connectivity index (χ4v) is 3.36. The van der Waals surface area contributed by atoms with Gasteiger partial charge in [0.15, 0.2) is 0 Å². The minimum Gasteiger partial charge on any atom is -0.494 e. The maximum atomic E-state index is 6.30. The Morgan fingerprint density at radius 1 is 1.04 bits per heavy atom. The van der Waals surface area contributed by atoms with Gasteiger partial charge < -0.3 is 14.5 Å². The quantitative estimate of drug-likeness (QED) is 0.907. The van der Waals surface area contributed by atoms with E-state index < -0.39 is 0 Å². The summed E-state index contributed by atoms with van der Waals surface area (Å²) < 4.78 is 5.50. The lowest BCUT2D eigenvalue weighted by Crippen LogP contribution is -3.13. The molecule has 1 heterocycles. The third kappa shape index (κ3) is 4.18. The van der Waals surface area contributed by atoms with Gasteiger partial charge in [-0.25, -0.2) is 0 Å². The van der Waals surface area contributed by atoms with E-state index in [2.05, 4.69) is 41.3 Å². The topological polar surface area (TPSA) is 16.9 Å². The highest BCUT2D eigenvalue weighted by atomic mass is 35.5. The van der Waals surface area contributed by atoms with Crippen molar-refractivity contribution in [2.75, 3.05) is 37.7 Å². The van der Waals surface area contributed by atoms with Crippen molar-refractivity contribution in [1.82, 2.24) is 0 Å². The van der Waals surface area contributed by atoms with Gasteiger partial charge in [0.2, 0.25) is 0 Å². The third-order valence-corrected chi connectivity index (χ3v) is 4.67. The van der Waals surface area contributed by atoms with Gasteiger partial charge in [0.25, 0.3) is 0 Å². The predicted molar refractivity (Wildman–Crippen MR) is 95.7 cm³/mol. The van der Waals surface area contributed by atoms with Crippen LogP contribution in [0.15, 0.2) is 48.5 Å². The number of hydrogen-bond acceptors (Lipinski definition) is 2. The zero-order chi connectivity index (χ0) is 16.1. The molecule has 1 N–H and O–H groups in total. The molecule has 0 radical (unpaired) electrons. The molecule has 2 aromatic rings. The number of quaternary nitrogens is 1. The minimum atomic E-state index is 0.717. The normalized spacial score (nSPS) is 15.7. The molecule has 1 aliphatic heterocycles. The Labute approximate surface area is 143 Å². The number of hydrogen-bond donors (Lipinski definition) is 1. The van der Waals surface area contributed by atoms with Crippen molar-refractivity contribution in [3.8, 4) is 5.75 Å². The van der Waals surface area contributed by atoms with Gasteiger partial charge in [0.05, 0.1) is 43.5 Å². The van der Waals surface area contributed by atoms with E-state index in [1.165, 1.54) is 5.56 Å². The van der Waals surface area contributed by atoms with Crippen LogP contribution >= 0.6 is 11.6 Å². The van der Waals surface area contributed by atoms with Crippen LogP contribution in [0.2, 0.25) is 5.02 Å². The first-order valence-electron chi connectivity index (χ1n) is 8.31. The standard InChI is InChI=1S/C19H23ClN2O/c1-2-23-17-9-7-16(8-10-17)15-21-11-13-22(14-12-21)19-6-4-3-5-18(19)20/h3-10H,2,11-15H2,1H3/p+1. The first kappa shape index (κ1) is 16.2. The molecule has 0 aliphatic carbocycles. The van der Waals surface area contributed by atoms with Crippen LogP contribution in [-0.4, -0.2) is 32.8 Å². The van der Waals surface area contributed by atoms with E-state index in [0.717, 1.165) is 49.2 Å². The van der Waals surface area contributed by atoms with Crippen molar-refractivity contribution in [3.05, 3.63) is 59.1 Å². The number of nitrogens with one attached hydrogen (secondary N) is 1. The van der Waals surface area contributed by atoms with E-state index >= 15 is 0 Å². The fraction of sp³-hybridized carbons (Fsp3) is 0.368. The molecule has 4 heteroatoms. The van der Waals surface area contributed by atoms with Gasteiger partial charge in [-0.05, 0) is 43.3 Å². The first-order valence-corrected chi connectivity index (χ1v) is 8.69. The molecule has 23 heavy (non-hydrogen) atoms. The van der Waals surface area contributed by atoms with Crippen LogP contribution < -0.4 is 14.5 Å². The van der Waals surface area contributed by atoms with Crippen molar-refractivity contribution in [2.45, 2.75) is 13.5 Å². The number of rotatable bonds is 5. The summed E-state index contributed by atoms with van der Waals surface area (Å²) >= 11 is 6.30. The summed E-state index contributed by atoms with van der Waals surface area (Å²) in [6.07, 6.45) is 0. The Morgan fingerprint density at radius 2 is 1.74 bits per heavy atom. The highest BCUT2D eigenvalue weighted by Gasteiger charge is 2.21. The van der Waals surface area contributed by atoms with Crippen molar-refractivity contribution < 1.29 is 9.64 Å². The molecule has 0 aromatic heterocycles. The van der Waals surface area contributed by atoms with Crippen molar-refractivity contribution in [1.29, 1.82) is 0 Å². The summed E-state index contributed by atoms with van der Waals surface area (Å²) in [5.74, 6) is 0.954. The second-order valence-electron chi connectivity index (χ2n) is 5.94. The Balaban J connectivity index is 1.54. The number of benzene rings is 2. The van der Waals surface area contributed by atoms with E-state index in [1.54, 1.807) is 4.90 Å². The SMILES string of the molecule is CCOc1ccc(C[NH+]2CCN(c3ccccc3Cl)CC2)cc1. The maximum absolute atomic E-state index is 6.30. The highest BCUT2D eigenvalue weighted by molar-refractivity contribution is 6.33. The van der Waals surface area contributed by atoms with Crippen molar-refractivity contribution in [3.63, 3.8) is 0 Å². The lowest BCUT2D eigenvalue weighted by Gasteiger charge is -2.34. The Kier molecular flexibility index (Phi) is 5.42.